The third kappa shape index (κ3) is 3.38. The molecule has 0 N–H and O–H groups in total. The summed E-state index contributed by atoms with van der Waals surface area (Å²) in [7, 11) is 1.30. The molecule has 0 aliphatic rings. The lowest BCUT2D eigenvalue weighted by Gasteiger charge is -2.02. The molecule has 0 fully saturated rings. The van der Waals surface area contributed by atoms with Crippen LogP contribution in [0.25, 0.3) is 6.08 Å². The van der Waals surface area contributed by atoms with E-state index in [4.69, 9.17) is 0 Å². The molecule has 0 aromatic heterocycles. The second kappa shape index (κ2) is 6.37. The van der Waals surface area contributed by atoms with E-state index in [-0.39, 0.29) is 12.4 Å². The summed E-state index contributed by atoms with van der Waals surface area (Å²) in [6.07, 6.45) is 4.57. The summed E-state index contributed by atoms with van der Waals surface area (Å²) in [4.78, 5) is 32.5. The third-order valence-corrected chi connectivity index (χ3v) is 2.22. The molecule has 1 aromatic carbocycles. The van der Waals surface area contributed by atoms with Crippen molar-refractivity contribution in [3.05, 3.63) is 41.0 Å². The zero-order valence-corrected chi connectivity index (χ0v) is 9.38. The van der Waals surface area contributed by atoms with E-state index in [1.165, 1.54) is 7.11 Å². The van der Waals surface area contributed by atoms with Gasteiger partial charge in [-0.3, -0.25) is 14.4 Å². The SMILES string of the molecule is COC(=O)CC=Cc1c(C=O)cccc1C=O. The highest BCUT2D eigenvalue weighted by molar-refractivity contribution is 5.91. The van der Waals surface area contributed by atoms with E-state index in [0.717, 1.165) is 0 Å². The second-order valence-corrected chi connectivity index (χ2v) is 3.27. The van der Waals surface area contributed by atoms with Crippen molar-refractivity contribution in [2.45, 2.75) is 6.42 Å². The molecule has 1 rings (SSSR count). The van der Waals surface area contributed by atoms with Crippen molar-refractivity contribution >= 4 is 24.6 Å². The molecule has 4 heteroatoms. The predicted octanol–water partition coefficient (Wildman–Crippen LogP) is 1.89. The van der Waals surface area contributed by atoms with Gasteiger partial charge in [0, 0.05) is 11.1 Å². The van der Waals surface area contributed by atoms with Crippen molar-refractivity contribution in [3.63, 3.8) is 0 Å². The van der Waals surface area contributed by atoms with Crippen LogP contribution in [-0.4, -0.2) is 25.7 Å². The Kier molecular flexibility index (Phi) is 4.81. The molecule has 0 amide bonds. The van der Waals surface area contributed by atoms with Gasteiger partial charge in [-0.15, -0.1) is 0 Å². The van der Waals surface area contributed by atoms with Crippen LogP contribution in [-0.2, 0) is 9.53 Å². The maximum atomic E-state index is 10.9. The minimum Gasteiger partial charge on any atom is -0.469 e. The van der Waals surface area contributed by atoms with E-state index < -0.39 is 0 Å². The van der Waals surface area contributed by atoms with Crippen molar-refractivity contribution in [2.75, 3.05) is 7.11 Å². The van der Waals surface area contributed by atoms with Gasteiger partial charge in [-0.2, -0.15) is 0 Å². The summed E-state index contributed by atoms with van der Waals surface area (Å²) in [6.45, 7) is 0. The lowest BCUT2D eigenvalue weighted by atomic mass is 10.0. The van der Waals surface area contributed by atoms with Gasteiger partial charge in [-0.05, 0) is 5.56 Å². The quantitative estimate of drug-likeness (QED) is 0.574. The Balaban J connectivity index is 2.99. The molecule has 0 unspecified atom stereocenters. The molecule has 0 aliphatic heterocycles. The highest BCUT2D eigenvalue weighted by Gasteiger charge is 2.04. The predicted molar refractivity (Wildman–Crippen MR) is 62.9 cm³/mol. The maximum absolute atomic E-state index is 10.9. The van der Waals surface area contributed by atoms with Gasteiger partial charge in [0.1, 0.15) is 0 Å². The van der Waals surface area contributed by atoms with Gasteiger partial charge < -0.3 is 4.74 Å². The number of methoxy groups -OCH3 is 1. The summed E-state index contributed by atoms with van der Waals surface area (Å²) in [6, 6.07) is 4.85. The van der Waals surface area contributed by atoms with Gasteiger partial charge >= 0.3 is 5.97 Å². The Morgan fingerprint density at radius 1 is 1.24 bits per heavy atom. The topological polar surface area (TPSA) is 60.4 Å². The summed E-state index contributed by atoms with van der Waals surface area (Å²) < 4.78 is 4.47. The minimum absolute atomic E-state index is 0.0992. The Labute approximate surface area is 98.9 Å². The average molecular weight is 232 g/mol. The maximum Gasteiger partial charge on any atom is 0.309 e. The van der Waals surface area contributed by atoms with Crippen LogP contribution >= 0.6 is 0 Å². The number of carbonyl (C=O) groups is 3. The van der Waals surface area contributed by atoms with E-state index in [0.29, 0.717) is 29.3 Å². The smallest absolute Gasteiger partial charge is 0.309 e. The van der Waals surface area contributed by atoms with Crippen molar-refractivity contribution in [2.24, 2.45) is 0 Å². The Bertz CT molecular complexity index is 434. The molecular formula is C13H12O4. The first kappa shape index (κ1) is 12.8. The lowest BCUT2D eigenvalue weighted by Crippen LogP contribution is -1.97. The number of esters is 1. The summed E-state index contributed by atoms with van der Waals surface area (Å²) >= 11 is 0. The summed E-state index contributed by atoms with van der Waals surface area (Å²) in [5.41, 5.74) is 1.34. The number of rotatable bonds is 5. The van der Waals surface area contributed by atoms with Crippen molar-refractivity contribution < 1.29 is 19.1 Å². The second-order valence-electron chi connectivity index (χ2n) is 3.27. The number of aldehydes is 2. The van der Waals surface area contributed by atoms with Crippen molar-refractivity contribution in [3.8, 4) is 0 Å². The Morgan fingerprint density at radius 2 is 1.82 bits per heavy atom. The summed E-state index contributed by atoms with van der Waals surface area (Å²) in [5.74, 6) is -0.377. The molecule has 0 bridgehead atoms. The van der Waals surface area contributed by atoms with Crippen LogP contribution in [0.15, 0.2) is 24.3 Å². The first-order chi connectivity index (χ1) is 8.22. The highest BCUT2D eigenvalue weighted by atomic mass is 16.5. The van der Waals surface area contributed by atoms with Crippen LogP contribution in [0.4, 0.5) is 0 Å². The monoisotopic (exact) mass is 232 g/mol. The van der Waals surface area contributed by atoms with Crippen molar-refractivity contribution in [1.82, 2.24) is 0 Å². The molecule has 1 aromatic rings. The van der Waals surface area contributed by atoms with Gasteiger partial charge in [0.05, 0.1) is 13.5 Å². The normalized spacial score (nSPS) is 10.2. The molecule has 88 valence electrons. The fourth-order valence-corrected chi connectivity index (χ4v) is 1.36. The van der Waals surface area contributed by atoms with E-state index in [1.54, 1.807) is 30.4 Å². The molecule has 0 heterocycles. The van der Waals surface area contributed by atoms with Crippen LogP contribution in [0.1, 0.15) is 32.7 Å². The molecule has 0 saturated heterocycles. The van der Waals surface area contributed by atoms with Crippen LogP contribution in [0.5, 0.6) is 0 Å². The van der Waals surface area contributed by atoms with Crippen molar-refractivity contribution in [1.29, 1.82) is 0 Å². The fraction of sp³-hybridized carbons (Fsp3) is 0.154. The molecule has 4 nitrogen and oxygen atoms in total. The van der Waals surface area contributed by atoms with Gasteiger partial charge in [-0.25, -0.2) is 0 Å². The van der Waals surface area contributed by atoms with Crippen LogP contribution in [0.3, 0.4) is 0 Å². The minimum atomic E-state index is -0.377. The molecule has 0 aliphatic carbocycles. The van der Waals surface area contributed by atoms with Gasteiger partial charge in [0.2, 0.25) is 0 Å². The largest absolute Gasteiger partial charge is 0.469 e. The van der Waals surface area contributed by atoms with Gasteiger partial charge in [-0.1, -0.05) is 30.4 Å². The summed E-state index contributed by atoms with van der Waals surface area (Å²) in [5, 5.41) is 0. The molecule has 0 atom stereocenters. The molecule has 0 radical (unpaired) electrons. The number of benzene rings is 1. The van der Waals surface area contributed by atoms with Crippen LogP contribution < -0.4 is 0 Å². The third-order valence-electron chi connectivity index (χ3n) is 2.22. The Hall–Kier alpha value is -2.23. The molecule has 17 heavy (non-hydrogen) atoms. The van der Waals surface area contributed by atoms with Gasteiger partial charge in [0.15, 0.2) is 12.6 Å². The van der Waals surface area contributed by atoms with E-state index in [1.807, 2.05) is 0 Å². The lowest BCUT2D eigenvalue weighted by molar-refractivity contribution is -0.139. The fourth-order valence-electron chi connectivity index (χ4n) is 1.36. The first-order valence-corrected chi connectivity index (χ1v) is 4.99. The molecular weight excluding hydrogens is 220 g/mol. The van der Waals surface area contributed by atoms with E-state index in [2.05, 4.69) is 4.74 Å². The highest BCUT2D eigenvalue weighted by Crippen LogP contribution is 2.14. The molecule has 0 saturated carbocycles. The number of carbonyl (C=O) groups excluding carboxylic acids is 3. The van der Waals surface area contributed by atoms with Crippen LogP contribution in [0, 0.1) is 0 Å². The number of ether oxygens (including phenoxy) is 1. The first-order valence-electron chi connectivity index (χ1n) is 4.99. The zero-order valence-electron chi connectivity index (χ0n) is 9.38. The average Bonchev–Trinajstić information content (AvgIpc) is 2.38. The van der Waals surface area contributed by atoms with Crippen LogP contribution in [0.2, 0.25) is 0 Å². The zero-order chi connectivity index (χ0) is 12.7. The Morgan fingerprint density at radius 3 is 2.29 bits per heavy atom. The number of hydrogen-bond donors (Lipinski definition) is 0. The van der Waals surface area contributed by atoms with Gasteiger partial charge in [0.25, 0.3) is 0 Å². The number of hydrogen-bond acceptors (Lipinski definition) is 4. The van der Waals surface area contributed by atoms with E-state index in [9.17, 15) is 14.4 Å². The van der Waals surface area contributed by atoms with E-state index >= 15 is 0 Å². The standard InChI is InChI=1S/C13H12O4/c1-17-13(16)7-3-6-12-10(8-14)4-2-5-11(12)9-15/h2-6,8-9H,7H2,1H3. The molecule has 0 spiro atoms.